The van der Waals surface area contributed by atoms with E-state index in [1.807, 2.05) is 0 Å². The number of non-ortho nitro benzene ring substituents is 1. The Bertz CT molecular complexity index is 493. The molecule has 2 N–H and O–H groups in total. The van der Waals surface area contributed by atoms with Gasteiger partial charge in [-0.15, -0.1) is 0 Å². The molecule has 15 heavy (non-hydrogen) atoms. The number of phenolic OH excluding ortho intramolecular Hbond substituents is 1. The van der Waals surface area contributed by atoms with Gasteiger partial charge in [-0.3, -0.25) is 14.9 Å². The van der Waals surface area contributed by atoms with Crippen LogP contribution in [0, 0.1) is 10.1 Å². The van der Waals surface area contributed by atoms with Crippen LogP contribution in [0.1, 0.15) is 5.56 Å². The molecule has 0 saturated heterocycles. The second kappa shape index (κ2) is 3.09. The first-order valence-electron chi connectivity index (χ1n) is 4.08. The summed E-state index contributed by atoms with van der Waals surface area (Å²) in [5, 5.41) is 22.2. The SMILES string of the molecule is O=C1NC=C1c1ccc([N+](=O)[O-])cc1O. The minimum atomic E-state index is -0.612. The van der Waals surface area contributed by atoms with Crippen molar-refractivity contribution >= 4 is 17.2 Å². The van der Waals surface area contributed by atoms with Crippen molar-refractivity contribution in [1.29, 1.82) is 0 Å². The Hall–Kier alpha value is -2.37. The summed E-state index contributed by atoms with van der Waals surface area (Å²) in [7, 11) is 0. The summed E-state index contributed by atoms with van der Waals surface area (Å²) in [6.07, 6.45) is 1.43. The highest BCUT2D eigenvalue weighted by Gasteiger charge is 2.22. The Kier molecular flexibility index (Phi) is 1.89. The Balaban J connectivity index is 2.44. The lowest BCUT2D eigenvalue weighted by molar-refractivity contribution is -0.384. The molecule has 76 valence electrons. The number of rotatable bonds is 2. The summed E-state index contributed by atoms with van der Waals surface area (Å²) in [5.74, 6) is -0.579. The van der Waals surface area contributed by atoms with Crippen molar-refractivity contribution < 1.29 is 14.8 Å². The van der Waals surface area contributed by atoms with Crippen LogP contribution >= 0.6 is 0 Å². The highest BCUT2D eigenvalue weighted by atomic mass is 16.6. The van der Waals surface area contributed by atoms with Crippen molar-refractivity contribution in [2.75, 3.05) is 0 Å². The zero-order chi connectivity index (χ0) is 11.0. The third-order valence-corrected chi connectivity index (χ3v) is 2.07. The number of nitro groups is 1. The number of nitro benzene ring substituents is 1. The van der Waals surface area contributed by atoms with Crippen LogP contribution in [0.5, 0.6) is 5.75 Å². The summed E-state index contributed by atoms with van der Waals surface area (Å²) in [6.45, 7) is 0. The van der Waals surface area contributed by atoms with E-state index in [1.54, 1.807) is 0 Å². The van der Waals surface area contributed by atoms with Crippen LogP contribution in [0.4, 0.5) is 5.69 Å². The smallest absolute Gasteiger partial charge is 0.273 e. The minimum Gasteiger partial charge on any atom is -0.507 e. The number of amides is 1. The van der Waals surface area contributed by atoms with E-state index in [9.17, 15) is 20.0 Å². The van der Waals surface area contributed by atoms with Gasteiger partial charge in [0.1, 0.15) is 5.75 Å². The topological polar surface area (TPSA) is 92.5 Å². The largest absolute Gasteiger partial charge is 0.507 e. The fraction of sp³-hybridized carbons (Fsp3) is 0. The molecular weight excluding hydrogens is 200 g/mol. The van der Waals surface area contributed by atoms with Crippen LogP contribution in [0.15, 0.2) is 24.4 Å². The number of carbonyl (C=O) groups is 1. The molecule has 0 radical (unpaired) electrons. The molecule has 6 nitrogen and oxygen atoms in total. The number of nitrogens with one attached hydrogen (secondary N) is 1. The molecular formula is C9H6N2O4. The summed E-state index contributed by atoms with van der Waals surface area (Å²) >= 11 is 0. The number of benzene rings is 1. The average Bonchev–Trinajstić information content (AvgIpc) is 2.18. The van der Waals surface area contributed by atoms with Gasteiger partial charge in [0.15, 0.2) is 0 Å². The summed E-state index contributed by atoms with van der Waals surface area (Å²) < 4.78 is 0. The van der Waals surface area contributed by atoms with E-state index in [0.29, 0.717) is 11.1 Å². The van der Waals surface area contributed by atoms with E-state index in [2.05, 4.69) is 5.32 Å². The second-order valence-corrected chi connectivity index (χ2v) is 2.99. The van der Waals surface area contributed by atoms with Gasteiger partial charge in [-0.1, -0.05) is 0 Å². The lowest BCUT2D eigenvalue weighted by atomic mass is 10.0. The number of nitrogens with zero attached hydrogens (tertiary/aromatic N) is 1. The molecule has 6 heteroatoms. The van der Waals surface area contributed by atoms with Crippen molar-refractivity contribution in [3.8, 4) is 5.75 Å². The summed E-state index contributed by atoms with van der Waals surface area (Å²) in [5.41, 5.74) is 0.406. The molecule has 0 saturated carbocycles. The number of carbonyl (C=O) groups excluding carboxylic acids is 1. The third kappa shape index (κ3) is 1.41. The Labute approximate surface area is 84.0 Å². The van der Waals surface area contributed by atoms with Gasteiger partial charge < -0.3 is 10.4 Å². The second-order valence-electron chi connectivity index (χ2n) is 2.99. The molecule has 1 amide bonds. The van der Waals surface area contributed by atoms with Crippen molar-refractivity contribution in [1.82, 2.24) is 5.32 Å². The van der Waals surface area contributed by atoms with Crippen molar-refractivity contribution in [3.63, 3.8) is 0 Å². The molecule has 1 aliphatic rings. The molecule has 0 aliphatic carbocycles. The Morgan fingerprint density at radius 1 is 1.40 bits per heavy atom. The molecule has 0 unspecified atom stereocenters. The van der Waals surface area contributed by atoms with Crippen LogP contribution in [-0.4, -0.2) is 15.9 Å². The lowest BCUT2D eigenvalue weighted by Gasteiger charge is -2.15. The van der Waals surface area contributed by atoms with Crippen molar-refractivity contribution in [3.05, 3.63) is 40.1 Å². The standard InChI is InChI=1S/C9H6N2O4/c12-8-3-5(11(14)15)1-2-6(8)7-4-10-9(7)13/h1-4,12H,(H,10,13). The molecule has 1 aromatic carbocycles. The number of phenols is 1. The maximum atomic E-state index is 11.0. The molecule has 0 bridgehead atoms. The van der Waals surface area contributed by atoms with Gasteiger partial charge in [-0.25, -0.2) is 0 Å². The fourth-order valence-corrected chi connectivity index (χ4v) is 1.26. The van der Waals surface area contributed by atoms with Gasteiger partial charge in [-0.05, 0) is 6.07 Å². The van der Waals surface area contributed by atoms with Crippen molar-refractivity contribution in [2.24, 2.45) is 0 Å². The Morgan fingerprint density at radius 3 is 2.53 bits per heavy atom. The van der Waals surface area contributed by atoms with Gasteiger partial charge in [0.25, 0.3) is 11.6 Å². The maximum absolute atomic E-state index is 11.0. The first-order chi connectivity index (χ1) is 7.09. The van der Waals surface area contributed by atoms with Gasteiger partial charge in [0, 0.05) is 17.8 Å². The lowest BCUT2D eigenvalue weighted by Crippen LogP contribution is -2.28. The predicted molar refractivity (Wildman–Crippen MR) is 50.9 cm³/mol. The first-order valence-corrected chi connectivity index (χ1v) is 4.08. The van der Waals surface area contributed by atoms with Crippen molar-refractivity contribution in [2.45, 2.75) is 0 Å². The molecule has 0 fully saturated rings. The summed E-state index contributed by atoms with van der Waals surface area (Å²) in [6, 6.07) is 3.60. The highest BCUT2D eigenvalue weighted by molar-refractivity contribution is 6.25. The number of hydrogen-bond acceptors (Lipinski definition) is 4. The third-order valence-electron chi connectivity index (χ3n) is 2.07. The van der Waals surface area contributed by atoms with E-state index >= 15 is 0 Å². The minimum absolute atomic E-state index is 0.211. The molecule has 1 heterocycles. The summed E-state index contributed by atoms with van der Waals surface area (Å²) in [4.78, 5) is 20.7. The zero-order valence-electron chi connectivity index (χ0n) is 7.43. The quantitative estimate of drug-likeness (QED) is 0.552. The average molecular weight is 206 g/mol. The Morgan fingerprint density at radius 2 is 2.13 bits per heavy atom. The van der Waals surface area contributed by atoms with E-state index in [4.69, 9.17) is 0 Å². The van der Waals surface area contributed by atoms with Crippen LogP contribution in [0.2, 0.25) is 0 Å². The van der Waals surface area contributed by atoms with Gasteiger partial charge in [0.2, 0.25) is 0 Å². The van der Waals surface area contributed by atoms with Gasteiger partial charge in [0.05, 0.1) is 16.6 Å². The van der Waals surface area contributed by atoms with Gasteiger partial charge in [-0.2, -0.15) is 0 Å². The van der Waals surface area contributed by atoms with Crippen LogP contribution in [-0.2, 0) is 4.79 Å². The molecule has 2 rings (SSSR count). The number of aromatic hydroxyl groups is 1. The molecule has 1 aliphatic heterocycles. The van der Waals surface area contributed by atoms with E-state index < -0.39 is 4.92 Å². The molecule has 1 aromatic rings. The fourth-order valence-electron chi connectivity index (χ4n) is 1.26. The van der Waals surface area contributed by atoms with Crippen LogP contribution in [0.3, 0.4) is 0 Å². The predicted octanol–water partition coefficient (Wildman–Crippen LogP) is 0.771. The van der Waals surface area contributed by atoms with E-state index in [0.717, 1.165) is 6.07 Å². The monoisotopic (exact) mass is 206 g/mol. The van der Waals surface area contributed by atoms with E-state index in [1.165, 1.54) is 18.3 Å². The maximum Gasteiger partial charge on any atom is 0.273 e. The van der Waals surface area contributed by atoms with Gasteiger partial charge >= 0.3 is 0 Å². The van der Waals surface area contributed by atoms with Crippen LogP contribution in [0.25, 0.3) is 5.57 Å². The first kappa shape index (κ1) is 9.20. The highest BCUT2D eigenvalue weighted by Crippen LogP contribution is 2.30. The van der Waals surface area contributed by atoms with E-state index in [-0.39, 0.29) is 17.3 Å². The normalized spacial score (nSPS) is 13.9. The van der Waals surface area contributed by atoms with Crippen LogP contribution < -0.4 is 5.32 Å². The molecule has 0 spiro atoms. The number of hydrogen-bond donors (Lipinski definition) is 2. The molecule has 0 aromatic heterocycles. The zero-order valence-corrected chi connectivity index (χ0v) is 7.43. The molecule has 0 atom stereocenters.